The van der Waals surface area contributed by atoms with Gasteiger partial charge in [-0.25, -0.2) is 8.42 Å². The summed E-state index contributed by atoms with van der Waals surface area (Å²) >= 11 is 1.74. The van der Waals surface area contributed by atoms with Gasteiger partial charge in [0.2, 0.25) is 0 Å². The second kappa shape index (κ2) is 3.87. The molecule has 2 unspecified atom stereocenters. The molecule has 0 aromatic rings. The number of aliphatic hydroxyl groups excluding tert-OH is 1. The summed E-state index contributed by atoms with van der Waals surface area (Å²) in [5, 5.41) is 8.90. The topological polar surface area (TPSA) is 54.4 Å². The van der Waals surface area contributed by atoms with Crippen molar-refractivity contribution < 1.29 is 13.5 Å². The molecular weight excluding hydrogens is 267 g/mol. The molecule has 0 aliphatic carbocycles. The molecule has 62 valence electrons. The fraction of sp³-hybridized carbons (Fsp3) is 1.00. The summed E-state index contributed by atoms with van der Waals surface area (Å²) in [6.45, 7) is 3.05. The number of halogens is 1. The molecule has 3 nitrogen and oxygen atoms in total. The molecule has 0 saturated carbocycles. The maximum atomic E-state index is 11.0. The zero-order chi connectivity index (χ0) is 8.36. The number of aliphatic hydroxyl groups is 1. The Labute approximate surface area is 74.9 Å². The van der Waals surface area contributed by atoms with Gasteiger partial charge in [0.15, 0.2) is 9.84 Å². The van der Waals surface area contributed by atoms with Crippen molar-refractivity contribution in [3.8, 4) is 0 Å². The van der Waals surface area contributed by atoms with Crippen molar-refractivity contribution in [2.24, 2.45) is 0 Å². The van der Waals surface area contributed by atoms with Gasteiger partial charge in [-0.15, -0.1) is 0 Å². The third-order valence-corrected chi connectivity index (χ3v) is 6.37. The van der Waals surface area contributed by atoms with Crippen LogP contribution in [-0.2, 0) is 9.84 Å². The molecule has 0 heterocycles. The molecular formula is C5H11IO3S. The van der Waals surface area contributed by atoms with Gasteiger partial charge in [0, 0.05) is 5.75 Å². The Kier molecular flexibility index (Phi) is 4.12. The van der Waals surface area contributed by atoms with Crippen LogP contribution in [0.15, 0.2) is 0 Å². The van der Waals surface area contributed by atoms with Crippen molar-refractivity contribution in [2.75, 3.05) is 5.75 Å². The van der Waals surface area contributed by atoms with Crippen LogP contribution < -0.4 is 0 Å². The standard InChI is InChI=1S/C5H11IO3S/c1-3-10(8,9)5(6)4(2)7/h4-5,7H,3H2,1-2H3. The van der Waals surface area contributed by atoms with Crippen LogP contribution in [0.5, 0.6) is 0 Å². The predicted molar refractivity (Wildman–Crippen MR) is 48.9 cm³/mol. The molecule has 0 fully saturated rings. The third-order valence-electron chi connectivity index (χ3n) is 1.12. The van der Waals surface area contributed by atoms with E-state index in [2.05, 4.69) is 0 Å². The van der Waals surface area contributed by atoms with Crippen LogP contribution >= 0.6 is 22.6 Å². The van der Waals surface area contributed by atoms with Crippen LogP contribution in [0, 0.1) is 0 Å². The smallest absolute Gasteiger partial charge is 0.164 e. The van der Waals surface area contributed by atoms with Crippen LogP contribution in [0.3, 0.4) is 0 Å². The van der Waals surface area contributed by atoms with E-state index in [1.165, 1.54) is 6.92 Å². The average molecular weight is 278 g/mol. The van der Waals surface area contributed by atoms with E-state index in [0.29, 0.717) is 0 Å². The van der Waals surface area contributed by atoms with Crippen molar-refractivity contribution in [3.05, 3.63) is 0 Å². The summed E-state index contributed by atoms with van der Waals surface area (Å²) in [7, 11) is -3.06. The van der Waals surface area contributed by atoms with E-state index >= 15 is 0 Å². The highest BCUT2D eigenvalue weighted by molar-refractivity contribution is 14.1. The summed E-state index contributed by atoms with van der Waals surface area (Å²) in [5.74, 6) is 0.0888. The van der Waals surface area contributed by atoms with E-state index in [-0.39, 0.29) is 5.75 Å². The molecule has 0 aromatic carbocycles. The molecule has 5 heteroatoms. The van der Waals surface area contributed by atoms with Gasteiger partial charge in [-0.05, 0) is 6.92 Å². The van der Waals surface area contributed by atoms with Gasteiger partial charge >= 0.3 is 0 Å². The van der Waals surface area contributed by atoms with Crippen molar-refractivity contribution in [3.63, 3.8) is 0 Å². The van der Waals surface area contributed by atoms with Crippen LogP contribution in [0.1, 0.15) is 13.8 Å². The number of alkyl halides is 1. The molecule has 1 N–H and O–H groups in total. The summed E-state index contributed by atoms with van der Waals surface area (Å²) in [6.07, 6.45) is -0.787. The first-order chi connectivity index (χ1) is 4.41. The second-order valence-electron chi connectivity index (χ2n) is 2.04. The van der Waals surface area contributed by atoms with E-state index in [1.807, 2.05) is 0 Å². The van der Waals surface area contributed by atoms with E-state index in [0.717, 1.165) is 0 Å². The Bertz CT molecular complexity index is 185. The van der Waals surface area contributed by atoms with Crippen LogP contribution in [0.25, 0.3) is 0 Å². The van der Waals surface area contributed by atoms with Gasteiger partial charge in [-0.1, -0.05) is 29.5 Å². The van der Waals surface area contributed by atoms with Gasteiger partial charge in [0.05, 0.1) is 6.10 Å². The highest BCUT2D eigenvalue weighted by Gasteiger charge is 2.24. The van der Waals surface area contributed by atoms with Crippen molar-refractivity contribution in [2.45, 2.75) is 23.2 Å². The molecule has 2 atom stereocenters. The molecule has 10 heavy (non-hydrogen) atoms. The first kappa shape index (κ1) is 10.6. The lowest BCUT2D eigenvalue weighted by molar-refractivity contribution is 0.213. The normalized spacial score (nSPS) is 18.4. The van der Waals surface area contributed by atoms with Gasteiger partial charge in [-0.3, -0.25) is 0 Å². The first-order valence-electron chi connectivity index (χ1n) is 2.95. The minimum Gasteiger partial charge on any atom is -0.391 e. The molecule has 0 amide bonds. The molecule has 0 aromatic heterocycles. The number of hydrogen-bond acceptors (Lipinski definition) is 3. The summed E-state index contributed by atoms with van der Waals surface area (Å²) in [4.78, 5) is 0. The summed E-state index contributed by atoms with van der Waals surface area (Å²) in [5.41, 5.74) is 0. The third kappa shape index (κ3) is 2.71. The average Bonchev–Trinajstić information content (AvgIpc) is 1.86. The van der Waals surface area contributed by atoms with Gasteiger partial charge in [-0.2, -0.15) is 0 Å². The first-order valence-corrected chi connectivity index (χ1v) is 5.91. The summed E-state index contributed by atoms with van der Waals surface area (Å²) < 4.78 is 21.3. The van der Waals surface area contributed by atoms with Crippen molar-refractivity contribution in [1.29, 1.82) is 0 Å². The lowest BCUT2D eigenvalue weighted by Gasteiger charge is -2.11. The highest BCUT2D eigenvalue weighted by atomic mass is 127. The minimum atomic E-state index is -3.06. The van der Waals surface area contributed by atoms with E-state index in [1.54, 1.807) is 29.5 Å². The molecule has 0 spiro atoms. The number of sulfone groups is 1. The quantitative estimate of drug-likeness (QED) is 0.606. The Hall–Kier alpha value is 0.640. The van der Waals surface area contributed by atoms with Gasteiger partial charge in [0.25, 0.3) is 0 Å². The fourth-order valence-corrected chi connectivity index (χ4v) is 2.46. The largest absolute Gasteiger partial charge is 0.391 e. The predicted octanol–water partition coefficient (Wildman–Crippen LogP) is 0.563. The summed E-state index contributed by atoms with van der Waals surface area (Å²) in [6, 6.07) is 0. The Morgan fingerprint density at radius 2 is 2.00 bits per heavy atom. The molecule has 0 aliphatic heterocycles. The second-order valence-corrected chi connectivity index (χ2v) is 6.64. The molecule has 0 aliphatic rings. The minimum absolute atomic E-state index is 0.0888. The van der Waals surface area contributed by atoms with Crippen LogP contribution in [0.2, 0.25) is 0 Å². The molecule has 0 rings (SSSR count). The van der Waals surface area contributed by atoms with Crippen LogP contribution in [0.4, 0.5) is 0 Å². The van der Waals surface area contributed by atoms with Gasteiger partial charge < -0.3 is 5.11 Å². The Morgan fingerprint density at radius 1 is 1.60 bits per heavy atom. The van der Waals surface area contributed by atoms with Crippen molar-refractivity contribution >= 4 is 32.4 Å². The van der Waals surface area contributed by atoms with E-state index < -0.39 is 19.2 Å². The lowest BCUT2D eigenvalue weighted by atomic mass is 10.5. The zero-order valence-electron chi connectivity index (χ0n) is 5.91. The molecule has 0 saturated heterocycles. The molecule has 0 radical (unpaired) electrons. The van der Waals surface area contributed by atoms with E-state index in [9.17, 15) is 8.42 Å². The fourth-order valence-electron chi connectivity index (χ4n) is 0.459. The van der Waals surface area contributed by atoms with Crippen molar-refractivity contribution in [1.82, 2.24) is 0 Å². The number of rotatable bonds is 3. The Balaban J connectivity index is 4.35. The lowest BCUT2D eigenvalue weighted by Crippen LogP contribution is -2.27. The highest BCUT2D eigenvalue weighted by Crippen LogP contribution is 2.14. The monoisotopic (exact) mass is 278 g/mol. The number of hydrogen-bond donors (Lipinski definition) is 1. The maximum Gasteiger partial charge on any atom is 0.164 e. The maximum absolute atomic E-state index is 11.0. The van der Waals surface area contributed by atoms with E-state index in [4.69, 9.17) is 5.11 Å². The zero-order valence-corrected chi connectivity index (χ0v) is 8.89. The van der Waals surface area contributed by atoms with Gasteiger partial charge in [0.1, 0.15) is 3.26 Å². The SMILES string of the molecule is CCS(=O)(=O)C(I)C(C)O. The molecule has 0 bridgehead atoms. The van der Waals surface area contributed by atoms with Crippen LogP contribution in [-0.4, -0.2) is 28.6 Å². The Morgan fingerprint density at radius 3 is 2.10 bits per heavy atom.